The van der Waals surface area contributed by atoms with Crippen LogP contribution in [0, 0.1) is 0 Å². The number of H-pyrrole nitrogens is 1. The van der Waals surface area contributed by atoms with Gasteiger partial charge in [0, 0.05) is 35.5 Å². The van der Waals surface area contributed by atoms with Gasteiger partial charge in [0.2, 0.25) is 5.91 Å². The number of anilines is 1. The van der Waals surface area contributed by atoms with Crippen molar-refractivity contribution >= 4 is 22.5 Å². The number of carbonyl (C=O) groups is 1. The van der Waals surface area contributed by atoms with Crippen molar-refractivity contribution in [2.24, 2.45) is 5.73 Å². The minimum atomic E-state index is -0.463. The number of aromatic nitrogens is 3. The number of amides is 1. The first-order valence-electron chi connectivity index (χ1n) is 9.42. The molecule has 5 rings (SSSR count). The summed E-state index contributed by atoms with van der Waals surface area (Å²) >= 11 is 0. The van der Waals surface area contributed by atoms with Crippen LogP contribution in [0.2, 0.25) is 0 Å². The van der Waals surface area contributed by atoms with Crippen LogP contribution in [0.4, 0.5) is 5.82 Å². The Bertz CT molecular complexity index is 1220. The van der Waals surface area contributed by atoms with Crippen molar-refractivity contribution in [3.05, 3.63) is 71.5 Å². The number of carbonyl (C=O) groups excluding carboxylic acids is 1. The van der Waals surface area contributed by atoms with Crippen molar-refractivity contribution in [1.29, 1.82) is 0 Å². The summed E-state index contributed by atoms with van der Waals surface area (Å²) in [6, 6.07) is 15.6. The first-order chi connectivity index (χ1) is 14.2. The molecule has 2 aromatic carbocycles. The second-order valence-corrected chi connectivity index (χ2v) is 6.90. The van der Waals surface area contributed by atoms with Crippen LogP contribution in [-0.4, -0.2) is 27.5 Å². The summed E-state index contributed by atoms with van der Waals surface area (Å²) in [5.74, 6) is 1.47. The van der Waals surface area contributed by atoms with E-state index in [1.807, 2.05) is 30.3 Å². The first-order valence-corrected chi connectivity index (χ1v) is 9.42. The van der Waals surface area contributed by atoms with Crippen molar-refractivity contribution in [3.63, 3.8) is 0 Å². The van der Waals surface area contributed by atoms with Crippen molar-refractivity contribution in [3.8, 4) is 17.3 Å². The first kappa shape index (κ1) is 17.2. The van der Waals surface area contributed by atoms with E-state index in [0.29, 0.717) is 36.1 Å². The number of rotatable bonds is 5. The molecule has 3 heterocycles. The van der Waals surface area contributed by atoms with Gasteiger partial charge in [-0.15, -0.1) is 0 Å². The molecule has 29 heavy (non-hydrogen) atoms. The number of nitrogens with one attached hydrogen (secondary N) is 2. The van der Waals surface area contributed by atoms with Gasteiger partial charge < -0.3 is 20.8 Å². The lowest BCUT2D eigenvalue weighted by molar-refractivity contribution is 0.100. The lowest BCUT2D eigenvalue weighted by Gasteiger charge is -2.11. The number of nitrogens with zero attached hydrogens (tertiary/aromatic N) is 2. The average molecular weight is 385 g/mol. The van der Waals surface area contributed by atoms with E-state index >= 15 is 0 Å². The largest absolute Gasteiger partial charge is 0.487 e. The summed E-state index contributed by atoms with van der Waals surface area (Å²) in [6.45, 7) is 1.22. The average Bonchev–Trinajstić information content (AvgIpc) is 3.39. The van der Waals surface area contributed by atoms with Crippen LogP contribution in [0.25, 0.3) is 22.3 Å². The molecule has 0 spiro atoms. The van der Waals surface area contributed by atoms with E-state index in [9.17, 15) is 4.79 Å². The highest BCUT2D eigenvalue weighted by Gasteiger charge is 2.23. The van der Waals surface area contributed by atoms with Gasteiger partial charge in [-0.1, -0.05) is 42.5 Å². The fourth-order valence-electron chi connectivity index (χ4n) is 3.64. The van der Waals surface area contributed by atoms with Crippen molar-refractivity contribution in [2.45, 2.75) is 13.0 Å². The summed E-state index contributed by atoms with van der Waals surface area (Å²) in [5, 5.41) is 4.99. The maximum atomic E-state index is 11.7. The summed E-state index contributed by atoms with van der Waals surface area (Å²) in [7, 11) is 0. The Kier molecular flexibility index (Phi) is 4.13. The van der Waals surface area contributed by atoms with Crippen LogP contribution in [0.15, 0.2) is 54.7 Å². The fourth-order valence-corrected chi connectivity index (χ4v) is 3.64. The standard InChI is InChI=1S/C22H19N5O2/c23-20(28)15-8-4-7-14-16(15)12-24-18(14)21-26-17-9-10-29-19(17)22(27-21)25-11-13-5-2-1-3-6-13/h1-8,12,24H,9-11H2,(H2,23,28)(H,25,26,27). The fraction of sp³-hybridized carbons (Fsp3) is 0.136. The van der Waals surface area contributed by atoms with E-state index in [-0.39, 0.29) is 0 Å². The highest BCUT2D eigenvalue weighted by atomic mass is 16.5. The van der Waals surface area contributed by atoms with E-state index < -0.39 is 5.91 Å². The predicted molar refractivity (Wildman–Crippen MR) is 111 cm³/mol. The van der Waals surface area contributed by atoms with Gasteiger partial charge in [-0.2, -0.15) is 0 Å². The number of fused-ring (bicyclic) bond motifs is 2. The Morgan fingerprint density at radius 1 is 1.10 bits per heavy atom. The number of ether oxygens (including phenoxy) is 1. The molecule has 1 aliphatic heterocycles. The van der Waals surface area contributed by atoms with Crippen LogP contribution >= 0.6 is 0 Å². The zero-order valence-electron chi connectivity index (χ0n) is 15.6. The summed E-state index contributed by atoms with van der Waals surface area (Å²) in [6.07, 6.45) is 2.50. The molecule has 144 valence electrons. The molecule has 0 unspecified atom stereocenters. The number of aromatic amines is 1. The van der Waals surface area contributed by atoms with Gasteiger partial charge in [0.05, 0.1) is 18.0 Å². The quantitative estimate of drug-likeness (QED) is 0.489. The van der Waals surface area contributed by atoms with Crippen LogP contribution < -0.4 is 15.8 Å². The lowest BCUT2D eigenvalue weighted by atomic mass is 10.1. The van der Waals surface area contributed by atoms with Crippen molar-refractivity contribution < 1.29 is 9.53 Å². The van der Waals surface area contributed by atoms with E-state index in [4.69, 9.17) is 20.4 Å². The summed E-state index contributed by atoms with van der Waals surface area (Å²) < 4.78 is 5.77. The molecule has 7 heteroatoms. The molecule has 0 fully saturated rings. The summed E-state index contributed by atoms with van der Waals surface area (Å²) in [4.78, 5) is 24.4. The number of hydrogen-bond acceptors (Lipinski definition) is 5. The monoisotopic (exact) mass is 385 g/mol. The smallest absolute Gasteiger partial charge is 0.249 e. The maximum Gasteiger partial charge on any atom is 0.249 e. The molecule has 1 amide bonds. The zero-order valence-corrected chi connectivity index (χ0v) is 15.6. The molecule has 0 saturated carbocycles. The van der Waals surface area contributed by atoms with E-state index in [1.54, 1.807) is 12.3 Å². The third-order valence-corrected chi connectivity index (χ3v) is 5.05. The minimum Gasteiger partial charge on any atom is -0.487 e. The highest BCUT2D eigenvalue weighted by Crippen LogP contribution is 2.35. The molecule has 4 N–H and O–H groups in total. The van der Waals surface area contributed by atoms with Crippen LogP contribution in [-0.2, 0) is 13.0 Å². The maximum absolute atomic E-state index is 11.7. The van der Waals surface area contributed by atoms with E-state index in [2.05, 4.69) is 22.4 Å². The van der Waals surface area contributed by atoms with Gasteiger partial charge in [0.15, 0.2) is 17.4 Å². The van der Waals surface area contributed by atoms with Crippen LogP contribution in [0.5, 0.6) is 5.75 Å². The Morgan fingerprint density at radius 3 is 2.79 bits per heavy atom. The normalized spacial score (nSPS) is 12.6. The lowest BCUT2D eigenvalue weighted by Crippen LogP contribution is -2.10. The molecule has 2 aromatic heterocycles. The SMILES string of the molecule is NC(=O)c1cccc2c(-c3nc4c(c(NCc5ccccc5)n3)OCC4)[nH]cc12. The third kappa shape index (κ3) is 3.06. The van der Waals surface area contributed by atoms with Crippen LogP contribution in [0.1, 0.15) is 21.6 Å². The van der Waals surface area contributed by atoms with Crippen LogP contribution in [0.3, 0.4) is 0 Å². The van der Waals surface area contributed by atoms with Crippen molar-refractivity contribution in [2.75, 3.05) is 11.9 Å². The number of benzene rings is 2. The molecule has 7 nitrogen and oxygen atoms in total. The van der Waals surface area contributed by atoms with Gasteiger partial charge in [-0.3, -0.25) is 4.79 Å². The predicted octanol–water partition coefficient (Wildman–Crippen LogP) is 3.27. The Labute approximate surface area is 166 Å². The molecular formula is C22H19N5O2. The van der Waals surface area contributed by atoms with Gasteiger partial charge in [-0.05, 0) is 11.6 Å². The molecule has 4 aromatic rings. The Morgan fingerprint density at radius 2 is 1.97 bits per heavy atom. The highest BCUT2D eigenvalue weighted by molar-refractivity contribution is 6.09. The number of nitrogens with two attached hydrogens (primary N) is 1. The molecule has 1 aliphatic rings. The molecule has 0 saturated heterocycles. The third-order valence-electron chi connectivity index (χ3n) is 5.05. The second-order valence-electron chi connectivity index (χ2n) is 6.90. The van der Waals surface area contributed by atoms with Gasteiger partial charge in [0.1, 0.15) is 0 Å². The molecule has 0 aliphatic carbocycles. The molecule has 0 atom stereocenters. The van der Waals surface area contributed by atoms with Crippen molar-refractivity contribution in [1.82, 2.24) is 15.0 Å². The van der Waals surface area contributed by atoms with Gasteiger partial charge >= 0.3 is 0 Å². The topological polar surface area (TPSA) is 106 Å². The molecular weight excluding hydrogens is 366 g/mol. The Balaban J connectivity index is 1.57. The zero-order chi connectivity index (χ0) is 19.8. The Hall–Kier alpha value is -3.87. The summed E-state index contributed by atoms with van der Waals surface area (Å²) in [5.41, 5.74) is 8.75. The van der Waals surface area contributed by atoms with Gasteiger partial charge in [0.25, 0.3) is 0 Å². The molecule has 0 radical (unpaired) electrons. The number of hydrogen-bond donors (Lipinski definition) is 3. The number of primary amides is 1. The van der Waals surface area contributed by atoms with Gasteiger partial charge in [-0.25, -0.2) is 9.97 Å². The second kappa shape index (κ2) is 6.94. The van der Waals surface area contributed by atoms with E-state index in [1.165, 1.54) is 0 Å². The molecule has 0 bridgehead atoms. The van der Waals surface area contributed by atoms with E-state index in [0.717, 1.165) is 34.1 Å². The minimum absolute atomic E-state index is 0.463.